The summed E-state index contributed by atoms with van der Waals surface area (Å²) < 4.78 is 17.7. The quantitative estimate of drug-likeness (QED) is 0.134. The highest BCUT2D eigenvalue weighted by Crippen LogP contribution is 2.37. The maximum absolute atomic E-state index is 13.2. The van der Waals surface area contributed by atoms with Crippen LogP contribution in [0.15, 0.2) is 36.0 Å². The molecule has 0 saturated carbocycles. The van der Waals surface area contributed by atoms with Crippen molar-refractivity contribution in [3.63, 3.8) is 0 Å². The highest BCUT2D eigenvalue weighted by atomic mass is 16.6. The van der Waals surface area contributed by atoms with Crippen LogP contribution in [0, 0.1) is 17.8 Å². The number of ether oxygens (including phenoxy) is 3. The molecule has 0 aromatic carbocycles. The molecule has 3 aliphatic rings. The highest BCUT2D eigenvalue weighted by Gasteiger charge is 2.47. The summed E-state index contributed by atoms with van der Waals surface area (Å²) in [6, 6.07) is 0. The van der Waals surface area contributed by atoms with Crippen LogP contribution in [0.25, 0.3) is 0 Å². The van der Waals surface area contributed by atoms with Gasteiger partial charge in [-0.2, -0.15) is 0 Å². The number of epoxide rings is 1. The summed E-state index contributed by atoms with van der Waals surface area (Å²) in [7, 11) is 0. The van der Waals surface area contributed by atoms with Crippen LogP contribution >= 0.6 is 0 Å². The Kier molecular flexibility index (Phi) is 14.8. The first kappa shape index (κ1) is 38.2. The number of hydrogen-bond acceptors (Lipinski definition) is 9. The Morgan fingerprint density at radius 1 is 1.17 bits per heavy atom. The maximum Gasteiger partial charge on any atom is 0.410 e. The van der Waals surface area contributed by atoms with Crippen LogP contribution in [0.1, 0.15) is 87.0 Å². The summed E-state index contributed by atoms with van der Waals surface area (Å²) in [5, 5.41) is 31.8. The van der Waals surface area contributed by atoms with E-state index < -0.39 is 36.0 Å². The summed E-state index contributed by atoms with van der Waals surface area (Å²) in [4.78, 5) is 30.2. The lowest BCUT2D eigenvalue weighted by Crippen LogP contribution is -2.38. The second-order valence-electron chi connectivity index (χ2n) is 14.0. The molecule has 10 nitrogen and oxygen atoms in total. The van der Waals surface area contributed by atoms with Crippen molar-refractivity contribution in [1.82, 2.24) is 9.80 Å². The Balaban J connectivity index is 1.71. The average molecular weight is 649 g/mol. The van der Waals surface area contributed by atoms with Crippen LogP contribution < -0.4 is 0 Å². The first-order valence-corrected chi connectivity index (χ1v) is 17.4. The lowest BCUT2D eigenvalue weighted by Gasteiger charge is -2.29. The van der Waals surface area contributed by atoms with Gasteiger partial charge in [0.2, 0.25) is 0 Å². The Morgan fingerprint density at radius 3 is 2.61 bits per heavy atom. The second-order valence-corrected chi connectivity index (χ2v) is 14.0. The average Bonchev–Trinajstić information content (AvgIpc) is 3.81. The summed E-state index contributed by atoms with van der Waals surface area (Å²) >= 11 is 0. The van der Waals surface area contributed by atoms with Gasteiger partial charge in [0.15, 0.2) is 0 Å². The van der Waals surface area contributed by atoms with Crippen LogP contribution in [-0.2, 0) is 19.0 Å². The lowest BCUT2D eigenvalue weighted by molar-refractivity contribution is -0.151. The van der Waals surface area contributed by atoms with E-state index >= 15 is 0 Å². The number of nitrogens with zero attached hydrogens (tertiary/aromatic N) is 2. The number of carbonyl (C=O) groups is 2. The molecule has 10 unspecified atom stereocenters. The Labute approximate surface area is 276 Å². The van der Waals surface area contributed by atoms with Gasteiger partial charge >= 0.3 is 12.1 Å². The van der Waals surface area contributed by atoms with Gasteiger partial charge in [0.05, 0.1) is 36.4 Å². The van der Waals surface area contributed by atoms with Crippen molar-refractivity contribution in [3.8, 4) is 0 Å². The van der Waals surface area contributed by atoms with Crippen LogP contribution in [0.4, 0.5) is 4.79 Å². The monoisotopic (exact) mass is 648 g/mol. The largest absolute Gasteiger partial charge is 0.457 e. The van der Waals surface area contributed by atoms with E-state index in [9.17, 15) is 24.9 Å². The molecule has 10 atom stereocenters. The molecule has 0 bridgehead atoms. The van der Waals surface area contributed by atoms with Crippen molar-refractivity contribution in [1.29, 1.82) is 0 Å². The van der Waals surface area contributed by atoms with Gasteiger partial charge in [0, 0.05) is 37.9 Å². The third-order valence-electron chi connectivity index (χ3n) is 9.83. The molecule has 0 spiro atoms. The SMILES string of the molecule is CCC(O)C(C)C1OC1CC(C)(O)C=C/C=C(\C)C1OC(=O)CC(O)CCC(C)C(OC(=O)N2CCCN(CC)CC2)/C=C/C1C. The van der Waals surface area contributed by atoms with E-state index in [1.165, 1.54) is 0 Å². The molecule has 10 heteroatoms. The third-order valence-corrected chi connectivity index (χ3v) is 9.83. The predicted molar refractivity (Wildman–Crippen MR) is 178 cm³/mol. The normalized spacial score (nSPS) is 34.0. The molecule has 1 amide bonds. The van der Waals surface area contributed by atoms with E-state index in [0.29, 0.717) is 38.8 Å². The molecule has 0 aromatic heterocycles. The van der Waals surface area contributed by atoms with Crippen molar-refractivity contribution in [2.45, 2.75) is 129 Å². The third kappa shape index (κ3) is 11.8. The minimum atomic E-state index is -1.12. The van der Waals surface area contributed by atoms with Gasteiger partial charge in [-0.15, -0.1) is 0 Å². The van der Waals surface area contributed by atoms with Gasteiger partial charge in [-0.05, 0) is 70.2 Å². The highest BCUT2D eigenvalue weighted by molar-refractivity contribution is 5.70. The van der Waals surface area contributed by atoms with Crippen LogP contribution in [-0.4, -0.2) is 112 Å². The van der Waals surface area contributed by atoms with Gasteiger partial charge in [-0.1, -0.05) is 58.9 Å². The number of rotatable bonds is 10. The minimum absolute atomic E-state index is 0.00735. The van der Waals surface area contributed by atoms with E-state index in [2.05, 4.69) is 11.8 Å². The fraction of sp³-hybridized carbons (Fsp3) is 0.778. The zero-order valence-electron chi connectivity index (χ0n) is 29.1. The van der Waals surface area contributed by atoms with Crippen LogP contribution in [0.2, 0.25) is 0 Å². The number of aliphatic hydroxyl groups excluding tert-OH is 2. The van der Waals surface area contributed by atoms with Crippen molar-refractivity contribution >= 4 is 12.1 Å². The van der Waals surface area contributed by atoms with E-state index in [-0.39, 0.29) is 42.5 Å². The van der Waals surface area contributed by atoms with Crippen LogP contribution in [0.5, 0.6) is 0 Å². The number of aliphatic hydroxyl groups is 3. The van der Waals surface area contributed by atoms with E-state index in [4.69, 9.17) is 14.2 Å². The van der Waals surface area contributed by atoms with Crippen molar-refractivity contribution in [3.05, 3.63) is 36.0 Å². The number of hydrogen-bond donors (Lipinski definition) is 3. The molecule has 262 valence electrons. The number of esters is 1. The van der Waals surface area contributed by atoms with Gasteiger partial charge < -0.3 is 39.3 Å². The molecule has 3 heterocycles. The van der Waals surface area contributed by atoms with Gasteiger partial charge in [0.1, 0.15) is 12.2 Å². The molecule has 46 heavy (non-hydrogen) atoms. The smallest absolute Gasteiger partial charge is 0.410 e. The number of carbonyl (C=O) groups excluding carboxylic acids is 2. The molecule has 0 aliphatic carbocycles. The number of likely N-dealkylation sites (N-methyl/N-ethyl adjacent to an activating group) is 1. The molecule has 0 aromatic rings. The van der Waals surface area contributed by atoms with Crippen molar-refractivity contribution < 1.29 is 39.1 Å². The van der Waals surface area contributed by atoms with E-state index in [0.717, 1.165) is 31.6 Å². The molecule has 0 radical (unpaired) electrons. The second kappa shape index (κ2) is 17.8. The minimum Gasteiger partial charge on any atom is -0.457 e. The standard InChI is InChI=1S/C36H60N2O8/c1-8-29(40)27(6)34-31(44-34)23-36(7,43)17-10-12-25(4)33-26(5)14-16-30(24(3)13-15-28(39)22-32(41)46-33)45-35(42)38-19-11-18-37(9-2)20-21-38/h10,12,14,16-17,24,26-31,33-34,39-40,43H,8-9,11,13,15,18-23H2,1-7H3/b16-14+,17-10?,25-12+. The topological polar surface area (TPSA) is 132 Å². The summed E-state index contributed by atoms with van der Waals surface area (Å²) in [6.07, 6.45) is 9.09. The predicted octanol–water partition coefficient (Wildman–Crippen LogP) is 4.62. The molecular weight excluding hydrogens is 588 g/mol. The Morgan fingerprint density at radius 2 is 1.91 bits per heavy atom. The van der Waals surface area contributed by atoms with Crippen LogP contribution in [0.3, 0.4) is 0 Å². The Bertz CT molecular complexity index is 1070. The summed E-state index contributed by atoms with van der Waals surface area (Å²) in [6.45, 7) is 17.6. The Hall–Kier alpha value is -2.24. The molecule has 2 saturated heterocycles. The molecular formula is C36H60N2O8. The van der Waals surface area contributed by atoms with Gasteiger partial charge in [-0.3, -0.25) is 4.79 Å². The zero-order chi connectivity index (χ0) is 34.0. The van der Waals surface area contributed by atoms with E-state index in [1.807, 2.05) is 52.8 Å². The lowest BCUT2D eigenvalue weighted by atomic mass is 9.91. The number of allylic oxidation sites excluding steroid dienone is 2. The molecule has 2 fully saturated rings. The van der Waals surface area contributed by atoms with Gasteiger partial charge in [-0.25, -0.2) is 4.79 Å². The zero-order valence-corrected chi connectivity index (χ0v) is 29.1. The van der Waals surface area contributed by atoms with E-state index in [1.54, 1.807) is 24.0 Å². The van der Waals surface area contributed by atoms with Crippen molar-refractivity contribution in [2.24, 2.45) is 17.8 Å². The maximum atomic E-state index is 13.2. The number of amides is 1. The molecule has 3 aliphatic heterocycles. The summed E-state index contributed by atoms with van der Waals surface area (Å²) in [5.74, 6) is -0.768. The molecule has 3 rings (SSSR count). The summed E-state index contributed by atoms with van der Waals surface area (Å²) in [5.41, 5.74) is -0.350. The van der Waals surface area contributed by atoms with Crippen molar-refractivity contribution in [2.75, 3.05) is 32.7 Å². The van der Waals surface area contributed by atoms with Gasteiger partial charge in [0.25, 0.3) is 0 Å². The first-order valence-electron chi connectivity index (χ1n) is 17.4. The molecule has 3 N–H and O–H groups in total. The number of cyclic esters (lactones) is 1. The fourth-order valence-electron chi connectivity index (χ4n) is 6.46. The fourth-order valence-corrected chi connectivity index (χ4v) is 6.46. The first-order chi connectivity index (χ1) is 21.7.